The Morgan fingerprint density at radius 3 is 2.22 bits per heavy atom. The van der Waals surface area contributed by atoms with E-state index in [0.717, 1.165) is 6.42 Å². The van der Waals surface area contributed by atoms with Gasteiger partial charge in [-0.1, -0.05) is 26.0 Å². The van der Waals surface area contributed by atoms with Crippen molar-refractivity contribution in [1.29, 1.82) is 0 Å². The zero-order valence-electron chi connectivity index (χ0n) is 6.09. The van der Waals surface area contributed by atoms with Crippen molar-refractivity contribution in [3.8, 4) is 0 Å². The van der Waals surface area contributed by atoms with Crippen LogP contribution in [-0.4, -0.2) is 11.2 Å². The fourth-order valence-electron chi connectivity index (χ4n) is 1.05. The summed E-state index contributed by atoms with van der Waals surface area (Å²) in [6.45, 7) is 7.87. The van der Waals surface area contributed by atoms with Gasteiger partial charge in [0.15, 0.2) is 0 Å². The fourth-order valence-corrected chi connectivity index (χ4v) is 1.05. The van der Waals surface area contributed by atoms with Gasteiger partial charge in [0.2, 0.25) is 0 Å². The molecule has 1 N–H and O–H groups in total. The van der Waals surface area contributed by atoms with Gasteiger partial charge in [-0.15, -0.1) is 0 Å². The Labute approximate surface area is 56.4 Å². The van der Waals surface area contributed by atoms with Gasteiger partial charge in [0.1, 0.15) is 0 Å². The van der Waals surface area contributed by atoms with Crippen molar-refractivity contribution < 1.29 is 5.11 Å². The molecule has 0 unspecified atom stereocenters. The SMILES string of the molecule is C=C1C[C@@H]1[C@H](O)C(C)C. The van der Waals surface area contributed by atoms with Crippen LogP contribution in [0, 0.1) is 11.8 Å². The van der Waals surface area contributed by atoms with Crippen LogP contribution in [0.5, 0.6) is 0 Å². The van der Waals surface area contributed by atoms with E-state index in [1.807, 2.05) is 13.8 Å². The van der Waals surface area contributed by atoms with E-state index >= 15 is 0 Å². The van der Waals surface area contributed by atoms with Crippen molar-refractivity contribution in [2.45, 2.75) is 26.4 Å². The highest BCUT2D eigenvalue weighted by Crippen LogP contribution is 2.40. The number of hydrogen-bond acceptors (Lipinski definition) is 1. The molecule has 1 heteroatoms. The second kappa shape index (κ2) is 2.14. The Bertz CT molecular complexity index is 127. The first kappa shape index (κ1) is 6.81. The smallest absolute Gasteiger partial charge is 0.0631 e. The highest BCUT2D eigenvalue weighted by molar-refractivity contribution is 5.21. The Morgan fingerprint density at radius 1 is 1.67 bits per heavy atom. The maximum Gasteiger partial charge on any atom is 0.0631 e. The van der Waals surface area contributed by atoms with Crippen LogP contribution in [0.15, 0.2) is 12.2 Å². The topological polar surface area (TPSA) is 20.2 Å². The molecule has 9 heavy (non-hydrogen) atoms. The van der Waals surface area contributed by atoms with E-state index in [1.54, 1.807) is 0 Å². The molecule has 0 aromatic rings. The number of rotatable bonds is 2. The Kier molecular flexibility index (Phi) is 1.62. The van der Waals surface area contributed by atoms with Crippen molar-refractivity contribution in [2.75, 3.05) is 0 Å². The second-order valence-electron chi connectivity index (χ2n) is 3.20. The van der Waals surface area contributed by atoms with Crippen LogP contribution in [0.1, 0.15) is 20.3 Å². The van der Waals surface area contributed by atoms with Gasteiger partial charge in [-0.3, -0.25) is 0 Å². The molecule has 0 saturated heterocycles. The number of aliphatic hydroxyl groups excluding tert-OH is 1. The molecule has 0 bridgehead atoms. The Morgan fingerprint density at radius 2 is 2.11 bits per heavy atom. The molecule has 0 heterocycles. The van der Waals surface area contributed by atoms with E-state index in [2.05, 4.69) is 6.58 Å². The zero-order chi connectivity index (χ0) is 7.02. The third kappa shape index (κ3) is 1.33. The van der Waals surface area contributed by atoms with Crippen molar-refractivity contribution in [2.24, 2.45) is 11.8 Å². The van der Waals surface area contributed by atoms with E-state index < -0.39 is 0 Å². The first-order valence-corrected chi connectivity index (χ1v) is 3.48. The minimum absolute atomic E-state index is 0.141. The predicted molar refractivity (Wildman–Crippen MR) is 38.1 cm³/mol. The van der Waals surface area contributed by atoms with E-state index in [1.165, 1.54) is 5.57 Å². The monoisotopic (exact) mass is 126 g/mol. The van der Waals surface area contributed by atoms with Gasteiger partial charge in [-0.05, 0) is 12.3 Å². The second-order valence-corrected chi connectivity index (χ2v) is 3.20. The molecule has 0 aromatic carbocycles. The summed E-state index contributed by atoms with van der Waals surface area (Å²) >= 11 is 0. The normalized spacial score (nSPS) is 28.9. The molecule has 1 nitrogen and oxygen atoms in total. The number of hydrogen-bond donors (Lipinski definition) is 1. The maximum atomic E-state index is 9.38. The predicted octanol–water partition coefficient (Wildman–Crippen LogP) is 1.58. The Balaban J connectivity index is 2.35. The third-order valence-electron chi connectivity index (χ3n) is 1.94. The van der Waals surface area contributed by atoms with Crippen LogP contribution in [0.25, 0.3) is 0 Å². The third-order valence-corrected chi connectivity index (χ3v) is 1.94. The zero-order valence-corrected chi connectivity index (χ0v) is 6.09. The van der Waals surface area contributed by atoms with Crippen LogP contribution in [-0.2, 0) is 0 Å². The van der Waals surface area contributed by atoms with Gasteiger partial charge in [-0.25, -0.2) is 0 Å². The molecule has 1 aliphatic rings. The van der Waals surface area contributed by atoms with Gasteiger partial charge in [0, 0.05) is 5.92 Å². The Hall–Kier alpha value is -0.300. The molecule has 0 amide bonds. The van der Waals surface area contributed by atoms with Crippen molar-refractivity contribution >= 4 is 0 Å². The molecule has 1 saturated carbocycles. The first-order chi connectivity index (χ1) is 4.13. The van der Waals surface area contributed by atoms with Crippen LogP contribution in [0.4, 0.5) is 0 Å². The summed E-state index contributed by atoms with van der Waals surface area (Å²) in [4.78, 5) is 0. The largest absolute Gasteiger partial charge is 0.392 e. The lowest BCUT2D eigenvalue weighted by Gasteiger charge is -2.11. The van der Waals surface area contributed by atoms with E-state index in [4.69, 9.17) is 0 Å². The first-order valence-electron chi connectivity index (χ1n) is 3.48. The van der Waals surface area contributed by atoms with E-state index in [0.29, 0.717) is 11.8 Å². The van der Waals surface area contributed by atoms with Crippen molar-refractivity contribution in [3.63, 3.8) is 0 Å². The average Bonchev–Trinajstić information content (AvgIpc) is 2.44. The molecule has 0 radical (unpaired) electrons. The maximum absolute atomic E-state index is 9.38. The van der Waals surface area contributed by atoms with E-state index in [9.17, 15) is 5.11 Å². The van der Waals surface area contributed by atoms with Crippen LogP contribution in [0.3, 0.4) is 0 Å². The highest BCUT2D eigenvalue weighted by Gasteiger charge is 2.35. The summed E-state index contributed by atoms with van der Waals surface area (Å²) in [5.74, 6) is 0.805. The molecule has 1 fully saturated rings. The molecule has 0 aromatic heterocycles. The molecule has 0 spiro atoms. The highest BCUT2D eigenvalue weighted by atomic mass is 16.3. The van der Waals surface area contributed by atoms with Gasteiger partial charge < -0.3 is 5.11 Å². The summed E-state index contributed by atoms with van der Waals surface area (Å²) in [5, 5.41) is 9.38. The summed E-state index contributed by atoms with van der Waals surface area (Å²) in [6, 6.07) is 0. The summed E-state index contributed by atoms with van der Waals surface area (Å²) in [5.41, 5.74) is 1.22. The lowest BCUT2D eigenvalue weighted by Crippen LogP contribution is -2.16. The van der Waals surface area contributed by atoms with Gasteiger partial charge in [-0.2, -0.15) is 0 Å². The standard InChI is InChI=1S/C8H14O/c1-5(2)8(9)7-4-6(7)3/h5,7-9H,3-4H2,1-2H3/t7-,8+/m0/s1. The van der Waals surface area contributed by atoms with Crippen LogP contribution >= 0.6 is 0 Å². The lowest BCUT2D eigenvalue weighted by atomic mass is 10.0. The molecule has 2 atom stereocenters. The molecule has 1 aliphatic carbocycles. The summed E-state index contributed by atoms with van der Waals surface area (Å²) < 4.78 is 0. The van der Waals surface area contributed by atoms with E-state index in [-0.39, 0.29) is 6.10 Å². The minimum Gasteiger partial charge on any atom is -0.392 e. The van der Waals surface area contributed by atoms with Gasteiger partial charge in [0.05, 0.1) is 6.10 Å². The molecule has 0 aliphatic heterocycles. The van der Waals surface area contributed by atoms with Gasteiger partial charge >= 0.3 is 0 Å². The van der Waals surface area contributed by atoms with Gasteiger partial charge in [0.25, 0.3) is 0 Å². The van der Waals surface area contributed by atoms with Crippen molar-refractivity contribution in [3.05, 3.63) is 12.2 Å². The summed E-state index contributed by atoms with van der Waals surface area (Å²) in [7, 11) is 0. The quantitative estimate of drug-likeness (QED) is 0.557. The molecule has 52 valence electrons. The average molecular weight is 126 g/mol. The number of aliphatic hydroxyl groups is 1. The molecular formula is C8H14O. The van der Waals surface area contributed by atoms with Crippen LogP contribution in [0.2, 0.25) is 0 Å². The summed E-state index contributed by atoms with van der Waals surface area (Å²) in [6.07, 6.45) is 0.900. The molecular weight excluding hydrogens is 112 g/mol. The minimum atomic E-state index is -0.141. The fraction of sp³-hybridized carbons (Fsp3) is 0.750. The van der Waals surface area contributed by atoms with Crippen molar-refractivity contribution in [1.82, 2.24) is 0 Å². The lowest BCUT2D eigenvalue weighted by molar-refractivity contribution is 0.108. The van der Waals surface area contributed by atoms with Crippen LogP contribution < -0.4 is 0 Å². The molecule has 1 rings (SSSR count).